The minimum Gasteiger partial charge on any atom is -0.479 e. The van der Waals surface area contributed by atoms with Gasteiger partial charge in [-0.1, -0.05) is 0 Å². The highest BCUT2D eigenvalue weighted by molar-refractivity contribution is 5.76. The van der Waals surface area contributed by atoms with Gasteiger partial charge in [-0.15, -0.1) is 0 Å². The Kier molecular flexibility index (Phi) is 4.91. The van der Waals surface area contributed by atoms with Gasteiger partial charge in [0.15, 0.2) is 5.60 Å². The number of methoxy groups -OCH3 is 1. The van der Waals surface area contributed by atoms with E-state index in [1.807, 2.05) is 4.90 Å². The molecule has 2 atom stereocenters. The topological polar surface area (TPSA) is 70.0 Å². The summed E-state index contributed by atoms with van der Waals surface area (Å²) in [5.41, 5.74) is -1.70. The summed E-state index contributed by atoms with van der Waals surface area (Å²) in [7, 11) is 1.62. The van der Waals surface area contributed by atoms with Crippen LogP contribution >= 0.6 is 0 Å². The van der Waals surface area contributed by atoms with Gasteiger partial charge in [0, 0.05) is 26.2 Å². The van der Waals surface area contributed by atoms with Crippen LogP contribution in [0.2, 0.25) is 0 Å². The molecule has 5 nitrogen and oxygen atoms in total. The van der Waals surface area contributed by atoms with E-state index in [1.54, 1.807) is 7.11 Å². The van der Waals surface area contributed by atoms with E-state index in [-0.39, 0.29) is 6.54 Å². The van der Waals surface area contributed by atoms with Gasteiger partial charge in [0.1, 0.15) is 0 Å². The van der Waals surface area contributed by atoms with Crippen molar-refractivity contribution in [1.82, 2.24) is 4.90 Å². The van der Waals surface area contributed by atoms with Crippen LogP contribution in [0.25, 0.3) is 0 Å². The Morgan fingerprint density at radius 3 is 2.59 bits per heavy atom. The fourth-order valence-corrected chi connectivity index (χ4v) is 1.98. The normalized spacial score (nSPS) is 21.2. The van der Waals surface area contributed by atoms with Crippen LogP contribution < -0.4 is 0 Å². The van der Waals surface area contributed by atoms with E-state index < -0.39 is 11.6 Å². The molecule has 5 heteroatoms. The maximum absolute atomic E-state index is 10.9. The minimum atomic E-state index is -1.70. The molecule has 0 heterocycles. The summed E-state index contributed by atoms with van der Waals surface area (Å²) in [6, 6.07) is 0.302. The summed E-state index contributed by atoms with van der Waals surface area (Å²) in [5.74, 6) is -0.542. The maximum Gasteiger partial charge on any atom is 0.336 e. The van der Waals surface area contributed by atoms with Gasteiger partial charge in [0.2, 0.25) is 0 Å². The number of ether oxygens (including phenoxy) is 1. The molecule has 1 saturated carbocycles. The molecule has 17 heavy (non-hydrogen) atoms. The Morgan fingerprint density at radius 2 is 2.18 bits per heavy atom. The first-order valence-corrected chi connectivity index (χ1v) is 6.07. The highest BCUT2D eigenvalue weighted by atomic mass is 16.5. The second-order valence-electron chi connectivity index (χ2n) is 5.12. The van der Waals surface area contributed by atoms with E-state index in [1.165, 1.54) is 19.8 Å². The third-order valence-electron chi connectivity index (χ3n) is 3.43. The third-order valence-corrected chi connectivity index (χ3v) is 3.43. The monoisotopic (exact) mass is 245 g/mol. The van der Waals surface area contributed by atoms with Gasteiger partial charge in [-0.05, 0) is 32.6 Å². The molecule has 2 unspecified atom stereocenters. The molecule has 100 valence electrons. The van der Waals surface area contributed by atoms with Crippen LogP contribution in [-0.2, 0) is 9.53 Å². The zero-order chi connectivity index (χ0) is 13.1. The fraction of sp³-hybridized carbons (Fsp3) is 0.917. The van der Waals surface area contributed by atoms with Crippen molar-refractivity contribution in [2.24, 2.45) is 5.92 Å². The van der Waals surface area contributed by atoms with Crippen LogP contribution in [0.15, 0.2) is 0 Å². The molecule has 1 aliphatic carbocycles. The molecule has 0 aromatic heterocycles. The van der Waals surface area contributed by atoms with E-state index >= 15 is 0 Å². The molecule has 0 bridgehead atoms. The van der Waals surface area contributed by atoms with Crippen molar-refractivity contribution in [1.29, 1.82) is 0 Å². The average molecular weight is 245 g/mol. The molecule has 1 fully saturated rings. The number of carboxylic acids is 1. The molecule has 2 N–H and O–H groups in total. The Labute approximate surface area is 102 Å². The number of hydrogen-bond donors (Lipinski definition) is 2. The largest absolute Gasteiger partial charge is 0.479 e. The molecule has 0 saturated heterocycles. The van der Waals surface area contributed by atoms with Crippen LogP contribution in [0, 0.1) is 5.92 Å². The summed E-state index contributed by atoms with van der Waals surface area (Å²) in [5, 5.41) is 18.8. The van der Waals surface area contributed by atoms with E-state index in [0.717, 1.165) is 0 Å². The van der Waals surface area contributed by atoms with Crippen LogP contribution in [-0.4, -0.2) is 59.5 Å². The molecule has 0 aliphatic heterocycles. The maximum atomic E-state index is 10.9. The van der Waals surface area contributed by atoms with Gasteiger partial charge in [-0.3, -0.25) is 4.90 Å². The molecule has 0 spiro atoms. The second-order valence-corrected chi connectivity index (χ2v) is 5.12. The van der Waals surface area contributed by atoms with E-state index in [9.17, 15) is 9.90 Å². The van der Waals surface area contributed by atoms with Crippen LogP contribution in [0.3, 0.4) is 0 Å². The van der Waals surface area contributed by atoms with Crippen LogP contribution in [0.4, 0.5) is 0 Å². The summed E-state index contributed by atoms with van der Waals surface area (Å²) in [6.07, 6.45) is 2.39. The van der Waals surface area contributed by atoms with Gasteiger partial charge in [0.25, 0.3) is 0 Å². The van der Waals surface area contributed by atoms with Gasteiger partial charge >= 0.3 is 5.97 Å². The predicted molar refractivity (Wildman–Crippen MR) is 63.9 cm³/mol. The quantitative estimate of drug-likeness (QED) is 0.654. The lowest BCUT2D eigenvalue weighted by atomic mass is 10.0. The SMILES string of the molecule is COCCN(CC(C)(O)C(=O)O)C(C)C1CC1. The molecular formula is C12H23NO4. The van der Waals surface area contributed by atoms with Crippen molar-refractivity contribution in [3.05, 3.63) is 0 Å². The number of nitrogens with zero attached hydrogens (tertiary/aromatic N) is 1. The lowest BCUT2D eigenvalue weighted by Gasteiger charge is -2.33. The Bertz CT molecular complexity index is 263. The van der Waals surface area contributed by atoms with Crippen molar-refractivity contribution in [3.63, 3.8) is 0 Å². The predicted octanol–water partition coefficient (Wildman–Crippen LogP) is 0.569. The first-order chi connectivity index (χ1) is 7.88. The van der Waals surface area contributed by atoms with E-state index in [2.05, 4.69) is 6.92 Å². The number of rotatable bonds is 8. The number of carbonyl (C=O) groups is 1. The zero-order valence-electron chi connectivity index (χ0n) is 10.8. The number of carboxylic acid groups (broad SMARTS) is 1. The summed E-state index contributed by atoms with van der Waals surface area (Å²) >= 11 is 0. The molecule has 1 aliphatic rings. The van der Waals surface area contributed by atoms with Crippen molar-refractivity contribution >= 4 is 5.97 Å². The standard InChI is InChI=1S/C12H23NO4/c1-9(10-4-5-10)13(6-7-17-3)8-12(2,16)11(14)15/h9-10,16H,4-8H2,1-3H3,(H,14,15). The third kappa shape index (κ3) is 4.26. The molecule has 0 aromatic carbocycles. The number of aliphatic carboxylic acids is 1. The summed E-state index contributed by atoms with van der Waals surface area (Å²) in [4.78, 5) is 12.9. The van der Waals surface area contributed by atoms with Crippen LogP contribution in [0.5, 0.6) is 0 Å². The summed E-state index contributed by atoms with van der Waals surface area (Å²) < 4.78 is 5.03. The summed E-state index contributed by atoms with van der Waals surface area (Å²) in [6.45, 7) is 4.77. The van der Waals surface area contributed by atoms with Crippen molar-refractivity contribution in [2.45, 2.75) is 38.3 Å². The second kappa shape index (κ2) is 5.80. The Hall–Kier alpha value is -0.650. The minimum absolute atomic E-state index is 0.142. The Balaban J connectivity index is 2.58. The zero-order valence-corrected chi connectivity index (χ0v) is 10.8. The average Bonchev–Trinajstić information content (AvgIpc) is 3.06. The first kappa shape index (κ1) is 14.4. The van der Waals surface area contributed by atoms with Gasteiger partial charge in [-0.25, -0.2) is 4.79 Å². The first-order valence-electron chi connectivity index (χ1n) is 6.07. The Morgan fingerprint density at radius 1 is 1.59 bits per heavy atom. The van der Waals surface area contributed by atoms with E-state index in [4.69, 9.17) is 9.84 Å². The molecule has 0 radical (unpaired) electrons. The van der Waals surface area contributed by atoms with Gasteiger partial charge in [-0.2, -0.15) is 0 Å². The molecule has 0 amide bonds. The number of aliphatic hydroxyl groups is 1. The van der Waals surface area contributed by atoms with Crippen molar-refractivity contribution in [3.8, 4) is 0 Å². The smallest absolute Gasteiger partial charge is 0.336 e. The molecular weight excluding hydrogens is 222 g/mol. The van der Waals surface area contributed by atoms with Crippen molar-refractivity contribution < 1.29 is 19.7 Å². The van der Waals surface area contributed by atoms with E-state index in [0.29, 0.717) is 25.1 Å². The number of hydrogen-bond acceptors (Lipinski definition) is 4. The lowest BCUT2D eigenvalue weighted by molar-refractivity contribution is -0.159. The highest BCUT2D eigenvalue weighted by Gasteiger charge is 2.38. The molecule has 0 aromatic rings. The highest BCUT2D eigenvalue weighted by Crippen LogP contribution is 2.35. The lowest BCUT2D eigenvalue weighted by Crippen LogP contribution is -2.50. The molecule has 1 rings (SSSR count). The van der Waals surface area contributed by atoms with Gasteiger partial charge in [0.05, 0.1) is 6.61 Å². The van der Waals surface area contributed by atoms with Gasteiger partial charge < -0.3 is 14.9 Å². The van der Waals surface area contributed by atoms with Crippen molar-refractivity contribution in [2.75, 3.05) is 26.8 Å². The fourth-order valence-electron chi connectivity index (χ4n) is 1.98. The van der Waals surface area contributed by atoms with Crippen LogP contribution in [0.1, 0.15) is 26.7 Å².